The molecule has 0 aliphatic carbocycles. The fraction of sp³-hybridized carbons (Fsp3) is 0. The average Bonchev–Trinajstić information content (AvgIpc) is 1.61. The van der Waals surface area contributed by atoms with E-state index in [2.05, 4.69) is 372 Å². The van der Waals surface area contributed by atoms with Crippen molar-refractivity contribution in [3.63, 3.8) is 0 Å². The van der Waals surface area contributed by atoms with Crippen molar-refractivity contribution < 1.29 is 13.3 Å². The monoisotopic (exact) mass is 1920 g/mol. The van der Waals surface area contributed by atoms with Crippen LogP contribution in [0.15, 0.2) is 523 Å². The minimum atomic E-state index is 0.619. The molecule has 0 N–H and O–H groups in total. The molecule has 0 atom stereocenters. The fourth-order valence-electron chi connectivity index (χ4n) is 21.2. The van der Waals surface area contributed by atoms with Gasteiger partial charge in [0.1, 0.15) is 33.5 Å². The number of hydrogen-bond acceptors (Lipinski definition) is 12. The molecule has 30 rings (SSSR count). The van der Waals surface area contributed by atoms with Gasteiger partial charge in [0.05, 0.1) is 33.1 Å². The minimum absolute atomic E-state index is 0.619. The van der Waals surface area contributed by atoms with Gasteiger partial charge in [0.25, 0.3) is 0 Å². The quantitative estimate of drug-likeness (QED) is 0.0953. The first-order chi connectivity index (χ1) is 74.3. The molecule has 15 nitrogen and oxygen atoms in total. The lowest BCUT2D eigenvalue weighted by Crippen LogP contribution is -2.00. The summed E-state index contributed by atoms with van der Waals surface area (Å²) >= 11 is 0. The predicted molar refractivity (Wildman–Crippen MR) is 610 cm³/mol. The fourth-order valence-corrected chi connectivity index (χ4v) is 21.2. The normalized spacial score (nSPS) is 11.6. The van der Waals surface area contributed by atoms with Gasteiger partial charge in [-0.3, -0.25) is 0 Å². The number of nitrogens with zero attached hydrogens (tertiary/aromatic N) is 12. The minimum Gasteiger partial charge on any atom is -0.456 e. The highest BCUT2D eigenvalue weighted by molar-refractivity contribution is 6.15. The molecule has 702 valence electrons. The van der Waals surface area contributed by atoms with Gasteiger partial charge in [-0.05, 0) is 173 Å². The van der Waals surface area contributed by atoms with Crippen LogP contribution in [0.25, 0.3) is 284 Å². The Kier molecular flexibility index (Phi) is 21.5. The Morgan fingerprint density at radius 2 is 0.360 bits per heavy atom. The molecule has 15 heteroatoms. The molecule has 0 amide bonds. The first-order valence-electron chi connectivity index (χ1n) is 50.1. The summed E-state index contributed by atoms with van der Waals surface area (Å²) in [6.45, 7) is 0. The molecule has 9 aromatic heterocycles. The molecule has 9 heterocycles. The average molecular weight is 1920 g/mol. The van der Waals surface area contributed by atoms with E-state index < -0.39 is 0 Å². The molecule has 21 aromatic carbocycles. The molecule has 0 spiro atoms. The summed E-state index contributed by atoms with van der Waals surface area (Å²) in [5.41, 5.74) is 30.5. The van der Waals surface area contributed by atoms with E-state index in [0.717, 1.165) is 166 Å². The van der Waals surface area contributed by atoms with Gasteiger partial charge in [0, 0.05) is 137 Å². The van der Waals surface area contributed by atoms with Crippen LogP contribution >= 0.6 is 0 Å². The maximum Gasteiger partial charge on any atom is 0.164 e. The van der Waals surface area contributed by atoms with Crippen molar-refractivity contribution in [3.8, 4) is 153 Å². The Bertz CT molecular complexity index is 10300. The molecular formula is C135H84N12O3. The molecule has 0 saturated carbocycles. The van der Waals surface area contributed by atoms with Gasteiger partial charge in [-0.2, -0.15) is 0 Å². The van der Waals surface area contributed by atoms with Crippen molar-refractivity contribution in [2.24, 2.45) is 0 Å². The lowest BCUT2D eigenvalue weighted by molar-refractivity contribution is 0.668. The summed E-state index contributed by atoms with van der Waals surface area (Å²) in [6, 6.07) is 176. The summed E-state index contributed by atoms with van der Waals surface area (Å²) in [5, 5.41) is 14.1. The number of rotatable bonds is 15. The van der Waals surface area contributed by atoms with Crippen LogP contribution in [0, 0.1) is 0 Å². The van der Waals surface area contributed by atoms with Gasteiger partial charge in [0.2, 0.25) is 0 Å². The highest BCUT2D eigenvalue weighted by Crippen LogP contribution is 2.44. The van der Waals surface area contributed by atoms with E-state index >= 15 is 0 Å². The second-order valence-electron chi connectivity index (χ2n) is 37.4. The van der Waals surface area contributed by atoms with Gasteiger partial charge in [0.15, 0.2) is 52.4 Å². The van der Waals surface area contributed by atoms with Crippen LogP contribution in [0.5, 0.6) is 0 Å². The predicted octanol–water partition coefficient (Wildman–Crippen LogP) is 34.6. The third-order valence-corrected chi connectivity index (χ3v) is 28.5. The summed E-state index contributed by atoms with van der Waals surface area (Å²) < 4.78 is 25.6. The van der Waals surface area contributed by atoms with Crippen LogP contribution in [0.1, 0.15) is 0 Å². The third kappa shape index (κ3) is 15.8. The van der Waals surface area contributed by atoms with Gasteiger partial charge < -0.3 is 27.0 Å². The first kappa shape index (κ1) is 87.3. The molecule has 150 heavy (non-hydrogen) atoms. The van der Waals surface area contributed by atoms with Crippen molar-refractivity contribution in [1.29, 1.82) is 0 Å². The van der Waals surface area contributed by atoms with Crippen molar-refractivity contribution in [2.75, 3.05) is 0 Å². The van der Waals surface area contributed by atoms with E-state index in [-0.39, 0.29) is 0 Å². The van der Waals surface area contributed by atoms with Gasteiger partial charge in [-0.1, -0.05) is 364 Å². The Morgan fingerprint density at radius 1 is 0.133 bits per heavy atom. The Hall–Kier alpha value is -20.6. The van der Waals surface area contributed by atoms with Crippen molar-refractivity contribution in [2.45, 2.75) is 0 Å². The molecule has 0 radical (unpaired) electrons. The van der Waals surface area contributed by atoms with E-state index in [0.29, 0.717) is 52.4 Å². The Morgan fingerprint density at radius 3 is 0.720 bits per heavy atom. The lowest BCUT2D eigenvalue weighted by Gasteiger charge is -2.11. The molecule has 0 saturated heterocycles. The van der Waals surface area contributed by atoms with Gasteiger partial charge in [-0.25, -0.2) is 44.9 Å². The number of hydrogen-bond donors (Lipinski definition) is 0. The second kappa shape index (κ2) is 37.0. The summed E-state index contributed by atoms with van der Waals surface area (Å²) in [7, 11) is 0. The Balaban J connectivity index is 0.000000108. The summed E-state index contributed by atoms with van der Waals surface area (Å²) in [4.78, 5) is 44.9. The number of aromatic nitrogens is 12. The van der Waals surface area contributed by atoms with Crippen LogP contribution in [0.3, 0.4) is 0 Å². The summed E-state index contributed by atoms with van der Waals surface area (Å²) in [6.07, 6.45) is 0. The Labute approximate surface area is 859 Å². The number of fused-ring (bicyclic) bond motifs is 18. The molecule has 0 fully saturated rings. The van der Waals surface area contributed by atoms with E-state index in [1.807, 2.05) is 152 Å². The van der Waals surface area contributed by atoms with Crippen LogP contribution < -0.4 is 0 Å². The van der Waals surface area contributed by atoms with Crippen LogP contribution in [-0.4, -0.2) is 58.6 Å². The number of para-hydroxylation sites is 10. The topological polar surface area (TPSA) is 170 Å². The van der Waals surface area contributed by atoms with Crippen molar-refractivity contribution >= 4 is 131 Å². The molecular weight excluding hydrogens is 1840 g/mol. The zero-order valence-corrected chi connectivity index (χ0v) is 80.6. The maximum absolute atomic E-state index is 6.32. The maximum atomic E-state index is 6.32. The largest absolute Gasteiger partial charge is 0.456 e. The van der Waals surface area contributed by atoms with Crippen LogP contribution in [-0.2, 0) is 0 Å². The second-order valence-corrected chi connectivity index (χ2v) is 37.4. The lowest BCUT2D eigenvalue weighted by atomic mass is 9.98. The van der Waals surface area contributed by atoms with E-state index in [4.69, 9.17) is 58.1 Å². The van der Waals surface area contributed by atoms with Crippen molar-refractivity contribution in [3.05, 3.63) is 510 Å². The first-order valence-corrected chi connectivity index (χ1v) is 50.1. The van der Waals surface area contributed by atoms with E-state index in [1.165, 1.54) is 65.4 Å². The number of benzene rings is 21. The SMILES string of the molecule is c1ccc(-c2nc(-c3ccc(-c4ccc5c(c4)oc4ccccc45)cc3)nc(-c3ccc(-n4c5ccccc5c5ccccc54)cc3)n2)cc1.c1ccc(-c2nc(-c3ccc(-c4cccc5c4oc4ccccc45)cc3)nc(-c3ccc(-n4c5ccccc5c5ccccc54)cc3)n2)cc1.c1ccc(-c2nc(-c3ccc(-c4cccc5oc6ccccc6c45)cc3)nc(-c3ccc(-n4c5ccccc5c5ccccc54)cc3)n2)cc1. The molecule has 0 bridgehead atoms. The summed E-state index contributed by atoms with van der Waals surface area (Å²) in [5.74, 6) is 5.65. The smallest absolute Gasteiger partial charge is 0.164 e. The van der Waals surface area contributed by atoms with E-state index in [9.17, 15) is 0 Å². The third-order valence-electron chi connectivity index (χ3n) is 28.5. The van der Waals surface area contributed by atoms with Crippen LogP contribution in [0.4, 0.5) is 0 Å². The van der Waals surface area contributed by atoms with Gasteiger partial charge >= 0.3 is 0 Å². The van der Waals surface area contributed by atoms with Crippen molar-refractivity contribution in [1.82, 2.24) is 58.6 Å². The molecule has 0 aliphatic rings. The standard InChI is InChI=1S/3C45H28N4O/c1-2-11-30(12-3-1)43-46-44(31-23-21-29(22-24-31)34-16-10-17-38-37-15-6-9-20-41(37)50-42(34)38)48-45(47-43)32-25-27-33(28-26-32)49-39-18-7-4-13-35(39)36-14-5-8-19-40(36)49;1-2-11-30(12-3-1)43-46-44(31-23-21-29(22-24-31)34-16-10-20-41-42(34)37-15-6-9-19-40(37)50-41)48-45(47-43)32-25-27-33(28-26-32)49-38-17-7-4-13-35(38)36-14-5-8-18-39(36)49;1-2-10-30(11-3-1)43-46-44(31-20-18-29(19-21-31)33-24-27-38-37-14-6-9-17-41(37)50-42(38)28-33)48-45(47-43)32-22-25-34(26-23-32)49-39-15-7-4-12-35(39)36-13-5-8-16-40(36)49/h3*1-28H. The van der Waals surface area contributed by atoms with Gasteiger partial charge in [-0.15, -0.1) is 0 Å². The van der Waals surface area contributed by atoms with E-state index in [1.54, 1.807) is 0 Å². The highest BCUT2D eigenvalue weighted by atomic mass is 16.3. The van der Waals surface area contributed by atoms with Crippen LogP contribution in [0.2, 0.25) is 0 Å². The zero-order chi connectivity index (χ0) is 99.1. The molecule has 30 aromatic rings. The highest BCUT2D eigenvalue weighted by Gasteiger charge is 2.24. The number of furan rings is 3. The zero-order valence-electron chi connectivity index (χ0n) is 80.6. The molecule has 0 unspecified atom stereocenters. The molecule has 0 aliphatic heterocycles.